The third-order valence-electron chi connectivity index (χ3n) is 2.12. The smallest absolute Gasteiger partial charge is 0.152 e. The molecule has 0 aliphatic heterocycles. The molecule has 1 aromatic rings. The molecule has 0 bridgehead atoms. The molecule has 12 heavy (non-hydrogen) atoms. The van der Waals surface area contributed by atoms with Gasteiger partial charge < -0.3 is 5.73 Å². The lowest BCUT2D eigenvalue weighted by molar-refractivity contribution is 0.734. The maximum absolute atomic E-state index is 5.78. The number of nitrogen functional groups attached to an aromatic ring is 1. The second-order valence-electron chi connectivity index (χ2n) is 2.91. The number of nitrogens with two attached hydrogens (primary N) is 1. The average molecular weight is 185 g/mol. The molecule has 1 aromatic heterocycles. The van der Waals surface area contributed by atoms with Gasteiger partial charge in [0.2, 0.25) is 0 Å². The predicted octanol–water partition coefficient (Wildman–Crippen LogP) is 2.83. The van der Waals surface area contributed by atoms with E-state index in [0.29, 0.717) is 16.8 Å². The Balaban J connectivity index is 3.07. The largest absolute Gasteiger partial charge is 0.396 e. The van der Waals surface area contributed by atoms with Crippen molar-refractivity contribution in [3.63, 3.8) is 0 Å². The van der Waals surface area contributed by atoms with Crippen molar-refractivity contribution in [1.29, 1.82) is 0 Å². The van der Waals surface area contributed by atoms with Gasteiger partial charge in [-0.2, -0.15) is 0 Å². The molecule has 0 saturated heterocycles. The molecule has 0 aliphatic carbocycles. The van der Waals surface area contributed by atoms with Crippen molar-refractivity contribution in [2.24, 2.45) is 0 Å². The van der Waals surface area contributed by atoms with Gasteiger partial charge >= 0.3 is 0 Å². The predicted molar refractivity (Wildman–Crippen MR) is 52.4 cm³/mol. The standard InChI is InChI=1S/C9H13ClN2/c1-3-6(2)7-4-5-12-9(10)8(7)11/h4-6H,3,11H2,1-2H3. The van der Waals surface area contributed by atoms with Crippen LogP contribution in [0.3, 0.4) is 0 Å². The molecule has 3 heteroatoms. The number of rotatable bonds is 2. The number of hydrogen-bond donors (Lipinski definition) is 1. The van der Waals surface area contributed by atoms with Crippen LogP contribution in [0.4, 0.5) is 5.69 Å². The first kappa shape index (κ1) is 9.33. The van der Waals surface area contributed by atoms with Gasteiger partial charge in [0.25, 0.3) is 0 Å². The van der Waals surface area contributed by atoms with Crippen LogP contribution in [0.1, 0.15) is 31.7 Å². The summed E-state index contributed by atoms with van der Waals surface area (Å²) in [5.41, 5.74) is 7.48. The summed E-state index contributed by atoms with van der Waals surface area (Å²) in [4.78, 5) is 3.90. The van der Waals surface area contributed by atoms with Crippen LogP contribution in [-0.4, -0.2) is 4.98 Å². The third kappa shape index (κ3) is 1.69. The van der Waals surface area contributed by atoms with Crippen LogP contribution in [0.25, 0.3) is 0 Å². The average Bonchev–Trinajstić information content (AvgIpc) is 2.08. The van der Waals surface area contributed by atoms with E-state index in [1.54, 1.807) is 6.20 Å². The molecule has 0 amide bonds. The summed E-state index contributed by atoms with van der Waals surface area (Å²) >= 11 is 5.78. The highest BCUT2D eigenvalue weighted by Crippen LogP contribution is 2.28. The molecule has 66 valence electrons. The number of pyridine rings is 1. The highest BCUT2D eigenvalue weighted by molar-refractivity contribution is 6.31. The molecule has 1 unspecified atom stereocenters. The van der Waals surface area contributed by atoms with Gasteiger partial charge in [-0.05, 0) is 24.0 Å². The minimum absolute atomic E-state index is 0.410. The summed E-state index contributed by atoms with van der Waals surface area (Å²) in [5, 5.41) is 0.410. The zero-order valence-corrected chi connectivity index (χ0v) is 8.10. The zero-order chi connectivity index (χ0) is 9.14. The maximum Gasteiger partial charge on any atom is 0.152 e. The molecule has 0 aromatic carbocycles. The molecule has 1 rings (SSSR count). The maximum atomic E-state index is 5.78. The molecule has 0 fully saturated rings. The molecule has 0 aliphatic rings. The van der Waals surface area contributed by atoms with Gasteiger partial charge in [-0.1, -0.05) is 25.4 Å². The van der Waals surface area contributed by atoms with Crippen LogP contribution in [-0.2, 0) is 0 Å². The first-order chi connectivity index (χ1) is 5.66. The van der Waals surface area contributed by atoms with Crippen LogP contribution in [0, 0.1) is 0 Å². The van der Waals surface area contributed by atoms with Gasteiger partial charge in [-0.25, -0.2) is 4.98 Å². The third-order valence-corrected chi connectivity index (χ3v) is 2.42. The molecular formula is C9H13ClN2. The lowest BCUT2D eigenvalue weighted by Gasteiger charge is -2.11. The first-order valence-corrected chi connectivity index (χ1v) is 4.44. The fourth-order valence-corrected chi connectivity index (χ4v) is 1.28. The summed E-state index contributed by atoms with van der Waals surface area (Å²) in [6.45, 7) is 4.25. The van der Waals surface area contributed by atoms with Gasteiger partial charge in [0.15, 0.2) is 5.15 Å². The van der Waals surface area contributed by atoms with Crippen LogP contribution in [0.5, 0.6) is 0 Å². The van der Waals surface area contributed by atoms with Crippen LogP contribution in [0.15, 0.2) is 12.3 Å². The van der Waals surface area contributed by atoms with Gasteiger partial charge in [-0.15, -0.1) is 0 Å². The topological polar surface area (TPSA) is 38.9 Å². The van der Waals surface area contributed by atoms with Gasteiger partial charge in [0, 0.05) is 6.20 Å². The molecule has 0 radical (unpaired) electrons. The molecule has 1 heterocycles. The number of hydrogen-bond acceptors (Lipinski definition) is 2. The quantitative estimate of drug-likeness (QED) is 0.718. The fraction of sp³-hybridized carbons (Fsp3) is 0.444. The second-order valence-corrected chi connectivity index (χ2v) is 3.27. The van der Waals surface area contributed by atoms with E-state index in [1.165, 1.54) is 0 Å². The molecule has 0 spiro atoms. The van der Waals surface area contributed by atoms with Crippen molar-refractivity contribution in [2.75, 3.05) is 5.73 Å². The fourth-order valence-electron chi connectivity index (χ4n) is 1.11. The summed E-state index contributed by atoms with van der Waals surface area (Å²) in [6, 6.07) is 1.93. The summed E-state index contributed by atoms with van der Waals surface area (Å²) in [5.74, 6) is 0.450. The van der Waals surface area contributed by atoms with E-state index >= 15 is 0 Å². The highest BCUT2D eigenvalue weighted by Gasteiger charge is 2.09. The summed E-state index contributed by atoms with van der Waals surface area (Å²) < 4.78 is 0. The highest BCUT2D eigenvalue weighted by atomic mass is 35.5. The van der Waals surface area contributed by atoms with E-state index in [0.717, 1.165) is 12.0 Å². The van der Waals surface area contributed by atoms with E-state index in [4.69, 9.17) is 17.3 Å². The zero-order valence-electron chi connectivity index (χ0n) is 7.34. The monoisotopic (exact) mass is 184 g/mol. The minimum Gasteiger partial charge on any atom is -0.396 e. The molecular weight excluding hydrogens is 172 g/mol. The molecule has 2 N–H and O–H groups in total. The Bertz CT molecular complexity index is 273. The van der Waals surface area contributed by atoms with E-state index in [2.05, 4.69) is 18.8 Å². The van der Waals surface area contributed by atoms with E-state index in [9.17, 15) is 0 Å². The van der Waals surface area contributed by atoms with Crippen LogP contribution in [0.2, 0.25) is 5.15 Å². The van der Waals surface area contributed by atoms with Crippen molar-refractivity contribution < 1.29 is 0 Å². The number of halogens is 1. The number of nitrogens with zero attached hydrogens (tertiary/aromatic N) is 1. The van der Waals surface area contributed by atoms with Gasteiger partial charge in [0.1, 0.15) is 0 Å². The second kappa shape index (κ2) is 3.76. The Labute approximate surface area is 77.8 Å². The van der Waals surface area contributed by atoms with Gasteiger partial charge in [0.05, 0.1) is 5.69 Å². The molecule has 0 saturated carbocycles. The van der Waals surface area contributed by atoms with Crippen molar-refractivity contribution >= 4 is 17.3 Å². The summed E-state index contributed by atoms with van der Waals surface area (Å²) in [7, 11) is 0. The lowest BCUT2D eigenvalue weighted by atomic mass is 9.99. The first-order valence-electron chi connectivity index (χ1n) is 4.06. The van der Waals surface area contributed by atoms with Crippen molar-refractivity contribution in [3.8, 4) is 0 Å². The van der Waals surface area contributed by atoms with Crippen molar-refractivity contribution in [1.82, 2.24) is 4.98 Å². The van der Waals surface area contributed by atoms with Crippen LogP contribution < -0.4 is 5.73 Å². The molecule has 1 atom stereocenters. The van der Waals surface area contributed by atoms with Gasteiger partial charge in [-0.3, -0.25) is 0 Å². The normalized spacial score (nSPS) is 12.9. The Kier molecular flexibility index (Phi) is 2.93. The minimum atomic E-state index is 0.410. The van der Waals surface area contributed by atoms with Crippen LogP contribution >= 0.6 is 11.6 Å². The molecule has 2 nitrogen and oxygen atoms in total. The van der Waals surface area contributed by atoms with Crippen molar-refractivity contribution in [3.05, 3.63) is 23.0 Å². The summed E-state index contributed by atoms with van der Waals surface area (Å²) in [6.07, 6.45) is 2.75. The lowest BCUT2D eigenvalue weighted by Crippen LogP contribution is -2.00. The number of aromatic nitrogens is 1. The SMILES string of the molecule is CCC(C)c1ccnc(Cl)c1N. The van der Waals surface area contributed by atoms with E-state index in [1.807, 2.05) is 6.07 Å². The Hall–Kier alpha value is -0.760. The Morgan fingerprint density at radius 2 is 2.33 bits per heavy atom. The Morgan fingerprint density at radius 1 is 1.67 bits per heavy atom. The van der Waals surface area contributed by atoms with E-state index in [-0.39, 0.29) is 0 Å². The Morgan fingerprint density at radius 3 is 2.92 bits per heavy atom. The van der Waals surface area contributed by atoms with Crippen molar-refractivity contribution in [2.45, 2.75) is 26.2 Å². The van der Waals surface area contributed by atoms with E-state index < -0.39 is 0 Å². The number of anilines is 1.